The van der Waals surface area contributed by atoms with Gasteiger partial charge in [0.15, 0.2) is 0 Å². The van der Waals surface area contributed by atoms with Gasteiger partial charge in [-0.1, -0.05) is 0 Å². The van der Waals surface area contributed by atoms with Crippen LogP contribution in [-0.2, 0) is 10.0 Å². The minimum absolute atomic E-state index is 0.133. The Hall–Kier alpha value is -0.590. The van der Waals surface area contributed by atoms with Crippen molar-refractivity contribution in [2.75, 3.05) is 5.73 Å². The molecule has 4 nitrogen and oxygen atoms in total. The van der Waals surface area contributed by atoms with Gasteiger partial charge in [0.25, 0.3) is 0 Å². The number of benzene rings is 1. The van der Waals surface area contributed by atoms with Crippen molar-refractivity contribution in [3.05, 3.63) is 22.7 Å². The van der Waals surface area contributed by atoms with E-state index in [2.05, 4.69) is 20.7 Å². The predicted octanol–water partition coefficient (Wildman–Crippen LogP) is 1.72. The first-order valence-corrected chi connectivity index (χ1v) is 6.68. The maximum absolute atomic E-state index is 11.7. The quantitative estimate of drug-likeness (QED) is 0.833. The molecule has 1 aromatic carbocycles. The van der Waals surface area contributed by atoms with Crippen molar-refractivity contribution in [1.82, 2.24) is 4.72 Å². The van der Waals surface area contributed by atoms with Crippen LogP contribution in [0.3, 0.4) is 0 Å². The number of halogens is 1. The van der Waals surface area contributed by atoms with E-state index < -0.39 is 10.0 Å². The molecule has 0 aromatic heterocycles. The summed E-state index contributed by atoms with van der Waals surface area (Å²) >= 11 is 3.19. The molecule has 15 heavy (non-hydrogen) atoms. The van der Waals surface area contributed by atoms with Gasteiger partial charge in [0.1, 0.15) is 0 Å². The number of nitrogen functional groups attached to an aromatic ring is 1. The van der Waals surface area contributed by atoms with Crippen molar-refractivity contribution >= 4 is 31.6 Å². The topological polar surface area (TPSA) is 72.2 Å². The molecule has 0 spiro atoms. The second kappa shape index (κ2) is 4.51. The standard InChI is InChI=1S/C9H13BrN2O2S/c1-6(2)12-15(13,14)7-3-4-9(11)8(10)5-7/h3-6,12H,11H2,1-2H3. The lowest BCUT2D eigenvalue weighted by atomic mass is 10.3. The van der Waals surface area contributed by atoms with Crippen molar-refractivity contribution in [3.63, 3.8) is 0 Å². The molecular formula is C9H13BrN2O2S. The van der Waals surface area contributed by atoms with Crippen LogP contribution in [0.25, 0.3) is 0 Å². The van der Waals surface area contributed by atoms with Gasteiger partial charge in [-0.25, -0.2) is 13.1 Å². The van der Waals surface area contributed by atoms with Gasteiger partial charge in [-0.05, 0) is 48.0 Å². The number of nitrogens with one attached hydrogen (secondary N) is 1. The van der Waals surface area contributed by atoms with Crippen LogP contribution in [0.1, 0.15) is 13.8 Å². The first-order chi connectivity index (χ1) is 6.83. The van der Waals surface area contributed by atoms with E-state index >= 15 is 0 Å². The zero-order chi connectivity index (χ0) is 11.6. The molecule has 0 radical (unpaired) electrons. The maximum atomic E-state index is 11.7. The third kappa shape index (κ3) is 3.19. The molecule has 0 fully saturated rings. The van der Waals surface area contributed by atoms with E-state index in [1.54, 1.807) is 19.9 Å². The molecule has 0 saturated heterocycles. The summed E-state index contributed by atoms with van der Waals surface area (Å²) < 4.78 is 26.5. The molecular weight excluding hydrogens is 280 g/mol. The Balaban J connectivity index is 3.11. The third-order valence-electron chi connectivity index (χ3n) is 1.67. The molecule has 0 aliphatic rings. The van der Waals surface area contributed by atoms with Crippen LogP contribution < -0.4 is 10.5 Å². The average molecular weight is 293 g/mol. The molecule has 0 aliphatic heterocycles. The van der Waals surface area contributed by atoms with Gasteiger partial charge in [0.2, 0.25) is 10.0 Å². The van der Waals surface area contributed by atoms with Crippen LogP contribution in [0.4, 0.5) is 5.69 Å². The lowest BCUT2D eigenvalue weighted by molar-refractivity contribution is 0.570. The highest BCUT2D eigenvalue weighted by Crippen LogP contribution is 2.22. The minimum Gasteiger partial charge on any atom is -0.398 e. The summed E-state index contributed by atoms with van der Waals surface area (Å²) in [7, 11) is -3.43. The average Bonchev–Trinajstić information content (AvgIpc) is 2.07. The van der Waals surface area contributed by atoms with E-state index in [1.165, 1.54) is 12.1 Å². The van der Waals surface area contributed by atoms with E-state index in [0.29, 0.717) is 10.2 Å². The largest absolute Gasteiger partial charge is 0.398 e. The Morgan fingerprint density at radius 3 is 2.47 bits per heavy atom. The Bertz CT molecular complexity index is 457. The van der Waals surface area contributed by atoms with Crippen LogP contribution in [0, 0.1) is 0 Å². The molecule has 6 heteroatoms. The normalized spacial score (nSPS) is 12.0. The second-order valence-electron chi connectivity index (χ2n) is 3.46. The Morgan fingerprint density at radius 1 is 1.40 bits per heavy atom. The summed E-state index contributed by atoms with van der Waals surface area (Å²) in [5, 5.41) is 0. The third-order valence-corrected chi connectivity index (χ3v) is 4.02. The highest BCUT2D eigenvalue weighted by atomic mass is 79.9. The molecule has 0 saturated carbocycles. The fourth-order valence-electron chi connectivity index (χ4n) is 1.05. The first kappa shape index (κ1) is 12.5. The van der Waals surface area contributed by atoms with Crippen molar-refractivity contribution in [2.45, 2.75) is 24.8 Å². The summed E-state index contributed by atoms with van der Waals surface area (Å²) in [6.45, 7) is 3.54. The molecule has 0 unspecified atom stereocenters. The summed E-state index contributed by atoms with van der Waals surface area (Å²) in [4.78, 5) is 0.206. The van der Waals surface area contributed by atoms with Crippen molar-refractivity contribution in [1.29, 1.82) is 0 Å². The number of sulfonamides is 1. The lowest BCUT2D eigenvalue weighted by Gasteiger charge is -2.10. The summed E-state index contributed by atoms with van der Waals surface area (Å²) in [5.41, 5.74) is 6.08. The Labute approximate surface area is 98.0 Å². The van der Waals surface area contributed by atoms with E-state index in [9.17, 15) is 8.42 Å². The van der Waals surface area contributed by atoms with E-state index in [1.807, 2.05) is 0 Å². The Morgan fingerprint density at radius 2 is 2.00 bits per heavy atom. The fourth-order valence-corrected chi connectivity index (χ4v) is 2.86. The van der Waals surface area contributed by atoms with Gasteiger partial charge in [-0.3, -0.25) is 0 Å². The molecule has 1 aromatic rings. The van der Waals surface area contributed by atoms with Crippen LogP contribution in [0.5, 0.6) is 0 Å². The first-order valence-electron chi connectivity index (χ1n) is 4.40. The molecule has 0 atom stereocenters. The lowest BCUT2D eigenvalue weighted by Crippen LogP contribution is -2.30. The number of hydrogen-bond acceptors (Lipinski definition) is 3. The molecule has 0 heterocycles. The molecule has 84 valence electrons. The molecule has 0 aliphatic carbocycles. The summed E-state index contributed by atoms with van der Waals surface area (Å²) in [5.74, 6) is 0. The zero-order valence-corrected chi connectivity index (χ0v) is 10.9. The van der Waals surface area contributed by atoms with E-state index in [-0.39, 0.29) is 10.9 Å². The monoisotopic (exact) mass is 292 g/mol. The minimum atomic E-state index is -3.43. The van der Waals surface area contributed by atoms with Crippen molar-refractivity contribution in [2.24, 2.45) is 0 Å². The van der Waals surface area contributed by atoms with Gasteiger partial charge in [-0.15, -0.1) is 0 Å². The highest BCUT2D eigenvalue weighted by molar-refractivity contribution is 9.10. The van der Waals surface area contributed by atoms with Gasteiger partial charge < -0.3 is 5.73 Å². The van der Waals surface area contributed by atoms with Crippen molar-refractivity contribution < 1.29 is 8.42 Å². The van der Waals surface area contributed by atoms with E-state index in [4.69, 9.17) is 5.73 Å². The number of hydrogen-bond donors (Lipinski definition) is 2. The van der Waals surface area contributed by atoms with Gasteiger partial charge in [0, 0.05) is 16.2 Å². The van der Waals surface area contributed by atoms with Crippen molar-refractivity contribution in [3.8, 4) is 0 Å². The van der Waals surface area contributed by atoms with Crippen LogP contribution in [-0.4, -0.2) is 14.5 Å². The summed E-state index contributed by atoms with van der Waals surface area (Å²) in [6, 6.07) is 4.38. The number of nitrogens with two attached hydrogens (primary N) is 1. The molecule has 3 N–H and O–H groups in total. The van der Waals surface area contributed by atoms with Gasteiger partial charge >= 0.3 is 0 Å². The second-order valence-corrected chi connectivity index (χ2v) is 6.03. The molecule has 0 bridgehead atoms. The highest BCUT2D eigenvalue weighted by Gasteiger charge is 2.15. The van der Waals surface area contributed by atoms with Gasteiger partial charge in [0.05, 0.1) is 4.90 Å². The van der Waals surface area contributed by atoms with E-state index in [0.717, 1.165) is 0 Å². The smallest absolute Gasteiger partial charge is 0.240 e. The zero-order valence-electron chi connectivity index (χ0n) is 8.49. The SMILES string of the molecule is CC(C)NS(=O)(=O)c1ccc(N)c(Br)c1. The number of anilines is 1. The molecule has 0 amide bonds. The van der Waals surface area contributed by atoms with Crippen LogP contribution >= 0.6 is 15.9 Å². The van der Waals surface area contributed by atoms with Crippen LogP contribution in [0.2, 0.25) is 0 Å². The maximum Gasteiger partial charge on any atom is 0.240 e. The predicted molar refractivity (Wildman–Crippen MR) is 64.0 cm³/mol. The Kier molecular flexibility index (Phi) is 3.75. The fraction of sp³-hybridized carbons (Fsp3) is 0.333. The van der Waals surface area contributed by atoms with Crippen LogP contribution in [0.15, 0.2) is 27.6 Å². The summed E-state index contributed by atoms with van der Waals surface area (Å²) in [6.07, 6.45) is 0. The number of rotatable bonds is 3. The molecule has 1 rings (SSSR count). The van der Waals surface area contributed by atoms with Gasteiger partial charge in [-0.2, -0.15) is 0 Å².